The number of hydrogen-bond donors (Lipinski definition) is 1. The van der Waals surface area contributed by atoms with Crippen molar-refractivity contribution in [3.8, 4) is 0 Å². The van der Waals surface area contributed by atoms with Gasteiger partial charge in [0.05, 0.1) is 0 Å². The van der Waals surface area contributed by atoms with Crippen LogP contribution in [0.25, 0.3) is 0 Å². The van der Waals surface area contributed by atoms with Crippen LogP contribution in [0.5, 0.6) is 0 Å². The highest BCUT2D eigenvalue weighted by atomic mass is 35.5. The molecule has 0 heterocycles. The lowest BCUT2D eigenvalue weighted by atomic mass is 10.5. The van der Waals surface area contributed by atoms with Crippen molar-refractivity contribution in [2.45, 2.75) is 20.8 Å². The standard InChI is InChI=1S/C8H19N3O.ClH/c1-4-10(5-2)11(6-3)8(12)7-9;/h4-7,9H2,1-3H3;1H. The highest BCUT2D eigenvalue weighted by Crippen LogP contribution is 1.96. The van der Waals surface area contributed by atoms with Gasteiger partial charge in [0, 0.05) is 19.6 Å². The van der Waals surface area contributed by atoms with E-state index in [-0.39, 0.29) is 18.3 Å². The largest absolute Gasteiger partial charge is 1.00 e. The van der Waals surface area contributed by atoms with Gasteiger partial charge in [0.1, 0.15) is 0 Å². The third-order valence-corrected chi connectivity index (χ3v) is 1.87. The third kappa shape index (κ3) is 4.45. The molecule has 0 aliphatic rings. The first-order chi connectivity index (χ1) is 5.71. The fourth-order valence-corrected chi connectivity index (χ4v) is 1.23. The zero-order valence-electron chi connectivity index (χ0n) is 8.72. The molecule has 0 saturated carbocycles. The number of likely N-dealkylation sites (N-methyl/N-ethyl adjacent to an activating group) is 1. The quantitative estimate of drug-likeness (QED) is 0.475. The van der Waals surface area contributed by atoms with Gasteiger partial charge in [-0.25, -0.2) is 5.01 Å². The van der Waals surface area contributed by atoms with E-state index in [9.17, 15) is 4.79 Å². The molecule has 0 aromatic rings. The Kier molecular flexibility index (Phi) is 9.67. The Bertz CT molecular complexity index is 139. The minimum absolute atomic E-state index is 0. The minimum atomic E-state index is 0. The molecule has 0 radical (unpaired) electrons. The molecule has 1 amide bonds. The summed E-state index contributed by atoms with van der Waals surface area (Å²) in [6, 6.07) is 0. The number of quaternary nitrogens is 1. The van der Waals surface area contributed by atoms with Crippen molar-refractivity contribution in [1.82, 2.24) is 10.0 Å². The first kappa shape index (κ1) is 15.2. The van der Waals surface area contributed by atoms with Crippen LogP contribution in [0.3, 0.4) is 0 Å². The van der Waals surface area contributed by atoms with Crippen LogP contribution in [0.15, 0.2) is 0 Å². The van der Waals surface area contributed by atoms with Crippen LogP contribution in [0.4, 0.5) is 0 Å². The molecule has 0 aromatic heterocycles. The topological polar surface area (TPSA) is 51.2 Å². The zero-order chi connectivity index (χ0) is 9.56. The van der Waals surface area contributed by atoms with E-state index in [1.165, 1.54) is 0 Å². The molecule has 0 aliphatic heterocycles. The SMILES string of the molecule is CCN(CC)N(CC)C(=O)C[NH3+].[Cl-]. The van der Waals surface area contributed by atoms with Gasteiger partial charge in [-0.05, 0) is 6.92 Å². The number of nitrogens with zero attached hydrogens (tertiary/aromatic N) is 2. The van der Waals surface area contributed by atoms with E-state index in [1.54, 1.807) is 5.01 Å². The van der Waals surface area contributed by atoms with Crippen molar-refractivity contribution >= 4 is 5.91 Å². The summed E-state index contributed by atoms with van der Waals surface area (Å²) < 4.78 is 0. The molecule has 13 heavy (non-hydrogen) atoms. The summed E-state index contributed by atoms with van der Waals surface area (Å²) in [6.07, 6.45) is 0. The number of carbonyl (C=O) groups excluding carboxylic acids is 1. The van der Waals surface area contributed by atoms with E-state index in [0.717, 1.165) is 19.6 Å². The monoisotopic (exact) mass is 209 g/mol. The lowest BCUT2D eigenvalue weighted by Crippen LogP contribution is -3.00. The van der Waals surface area contributed by atoms with Gasteiger partial charge in [-0.2, -0.15) is 0 Å². The maximum absolute atomic E-state index is 11.3. The molecule has 0 aliphatic carbocycles. The molecule has 0 spiro atoms. The van der Waals surface area contributed by atoms with E-state index in [2.05, 4.69) is 5.73 Å². The highest BCUT2D eigenvalue weighted by molar-refractivity contribution is 5.76. The fourth-order valence-electron chi connectivity index (χ4n) is 1.23. The van der Waals surface area contributed by atoms with Crippen LogP contribution in [-0.2, 0) is 4.79 Å². The first-order valence-electron chi connectivity index (χ1n) is 4.55. The summed E-state index contributed by atoms with van der Waals surface area (Å²) in [7, 11) is 0. The third-order valence-electron chi connectivity index (χ3n) is 1.87. The van der Waals surface area contributed by atoms with Gasteiger partial charge in [0.15, 0.2) is 6.54 Å². The predicted molar refractivity (Wildman–Crippen MR) is 48.1 cm³/mol. The average molecular weight is 210 g/mol. The van der Waals surface area contributed by atoms with Crippen molar-refractivity contribution < 1.29 is 22.9 Å². The molecule has 0 atom stereocenters. The maximum Gasteiger partial charge on any atom is 0.291 e. The van der Waals surface area contributed by atoms with Crippen LogP contribution < -0.4 is 18.1 Å². The molecule has 3 N–H and O–H groups in total. The van der Waals surface area contributed by atoms with Crippen LogP contribution in [0.2, 0.25) is 0 Å². The second kappa shape index (κ2) is 8.29. The summed E-state index contributed by atoms with van der Waals surface area (Å²) in [5.74, 6) is 0.0983. The van der Waals surface area contributed by atoms with Crippen molar-refractivity contribution in [3.05, 3.63) is 0 Å². The smallest absolute Gasteiger partial charge is 0.291 e. The van der Waals surface area contributed by atoms with E-state index in [1.807, 2.05) is 25.8 Å². The molecule has 0 aromatic carbocycles. The second-order valence-corrected chi connectivity index (χ2v) is 2.50. The van der Waals surface area contributed by atoms with Crippen molar-refractivity contribution in [1.29, 1.82) is 0 Å². The molecule has 0 saturated heterocycles. The first-order valence-corrected chi connectivity index (χ1v) is 4.55. The average Bonchev–Trinajstić information content (AvgIpc) is 2.12. The predicted octanol–water partition coefficient (Wildman–Crippen LogP) is -3.66. The molecule has 4 nitrogen and oxygen atoms in total. The molecule has 0 unspecified atom stereocenters. The Morgan fingerprint density at radius 2 is 1.62 bits per heavy atom. The second-order valence-electron chi connectivity index (χ2n) is 2.50. The van der Waals surface area contributed by atoms with Crippen LogP contribution >= 0.6 is 0 Å². The van der Waals surface area contributed by atoms with Gasteiger partial charge in [-0.15, -0.1) is 0 Å². The Labute approximate surface area is 86.4 Å². The van der Waals surface area contributed by atoms with Gasteiger partial charge < -0.3 is 18.1 Å². The van der Waals surface area contributed by atoms with Crippen molar-refractivity contribution in [2.75, 3.05) is 26.2 Å². The lowest BCUT2D eigenvalue weighted by molar-refractivity contribution is -0.359. The van der Waals surface area contributed by atoms with Crippen LogP contribution in [0.1, 0.15) is 20.8 Å². The number of halogens is 1. The number of amides is 1. The Hall–Kier alpha value is -0.320. The Balaban J connectivity index is 0. The van der Waals surface area contributed by atoms with Crippen molar-refractivity contribution in [3.63, 3.8) is 0 Å². The summed E-state index contributed by atoms with van der Waals surface area (Å²) in [5, 5.41) is 3.78. The van der Waals surface area contributed by atoms with Gasteiger partial charge in [-0.3, -0.25) is 9.80 Å². The molecule has 80 valence electrons. The highest BCUT2D eigenvalue weighted by Gasteiger charge is 2.16. The maximum atomic E-state index is 11.3. The Morgan fingerprint density at radius 1 is 1.15 bits per heavy atom. The van der Waals surface area contributed by atoms with Gasteiger partial charge in [-0.1, -0.05) is 13.8 Å². The molecular formula is C8H20ClN3O. The zero-order valence-corrected chi connectivity index (χ0v) is 9.47. The van der Waals surface area contributed by atoms with Gasteiger partial charge in [0.2, 0.25) is 0 Å². The van der Waals surface area contributed by atoms with E-state index in [0.29, 0.717) is 6.54 Å². The minimum Gasteiger partial charge on any atom is -1.00 e. The van der Waals surface area contributed by atoms with Crippen LogP contribution in [0, 0.1) is 0 Å². The molecule has 0 bridgehead atoms. The normalized spacial score (nSPS) is 9.62. The molecule has 0 rings (SSSR count). The summed E-state index contributed by atoms with van der Waals surface area (Å²) >= 11 is 0. The molecule has 0 fully saturated rings. The number of rotatable bonds is 5. The summed E-state index contributed by atoms with van der Waals surface area (Å²) in [4.78, 5) is 11.3. The van der Waals surface area contributed by atoms with Crippen molar-refractivity contribution in [2.24, 2.45) is 0 Å². The molecule has 5 heteroatoms. The van der Waals surface area contributed by atoms with Gasteiger partial charge in [0.25, 0.3) is 5.91 Å². The van der Waals surface area contributed by atoms with Crippen LogP contribution in [-0.4, -0.2) is 42.1 Å². The number of hydrogen-bond acceptors (Lipinski definition) is 2. The van der Waals surface area contributed by atoms with Gasteiger partial charge >= 0.3 is 0 Å². The number of hydrazine groups is 1. The number of carbonyl (C=O) groups is 1. The summed E-state index contributed by atoms with van der Waals surface area (Å²) in [5.41, 5.74) is 3.59. The Morgan fingerprint density at radius 3 is 1.85 bits per heavy atom. The van der Waals surface area contributed by atoms with E-state index < -0.39 is 0 Å². The lowest BCUT2D eigenvalue weighted by Gasteiger charge is -2.31. The fraction of sp³-hybridized carbons (Fsp3) is 0.875. The van der Waals surface area contributed by atoms with E-state index >= 15 is 0 Å². The van der Waals surface area contributed by atoms with E-state index in [4.69, 9.17) is 0 Å². The summed E-state index contributed by atoms with van der Waals surface area (Å²) in [6.45, 7) is 8.88. The molecular weight excluding hydrogens is 190 g/mol.